The van der Waals surface area contributed by atoms with E-state index in [1.54, 1.807) is 12.1 Å². The molecule has 1 aliphatic heterocycles. The average Bonchev–Trinajstić information content (AvgIpc) is 2.79. The molecule has 0 radical (unpaired) electrons. The van der Waals surface area contributed by atoms with Crippen LogP contribution in [0.3, 0.4) is 0 Å². The highest BCUT2D eigenvalue weighted by Crippen LogP contribution is 2.29. The van der Waals surface area contributed by atoms with Gasteiger partial charge in [-0.1, -0.05) is 17.8 Å². The van der Waals surface area contributed by atoms with E-state index in [1.165, 1.54) is 17.9 Å². The molecule has 1 aromatic rings. The van der Waals surface area contributed by atoms with Crippen LogP contribution in [-0.2, 0) is 20.8 Å². The maximum atomic E-state index is 12.1. The van der Waals surface area contributed by atoms with Crippen LogP contribution in [0, 0.1) is 0 Å². The summed E-state index contributed by atoms with van der Waals surface area (Å²) >= 11 is 4.26. The molecule has 8 heteroatoms. The Morgan fingerprint density at radius 2 is 2.17 bits per heavy atom. The lowest BCUT2D eigenvalue weighted by molar-refractivity contribution is -0.148. The summed E-state index contributed by atoms with van der Waals surface area (Å²) in [5, 5.41) is 18.7. The molecule has 0 spiro atoms. The number of aromatic hydroxyl groups is 1. The molecule has 1 unspecified atom stereocenters. The van der Waals surface area contributed by atoms with Gasteiger partial charge in [-0.3, -0.25) is 9.59 Å². The lowest BCUT2D eigenvalue weighted by Gasteiger charge is -2.24. The van der Waals surface area contributed by atoms with E-state index < -0.39 is 12.0 Å². The third-order valence-corrected chi connectivity index (χ3v) is 5.17. The van der Waals surface area contributed by atoms with Crippen LogP contribution in [0.1, 0.15) is 18.9 Å². The molecular weight excluding hydrogens is 386 g/mol. The zero-order valence-electron chi connectivity index (χ0n) is 12.4. The minimum atomic E-state index is -1.09. The number of phenols is 1. The molecule has 0 bridgehead atoms. The second kappa shape index (κ2) is 7.35. The average molecular weight is 402 g/mol. The Morgan fingerprint density at radius 1 is 1.48 bits per heavy atom. The maximum absolute atomic E-state index is 12.1. The van der Waals surface area contributed by atoms with E-state index in [1.807, 2.05) is 0 Å². The van der Waals surface area contributed by atoms with Crippen molar-refractivity contribution >= 4 is 44.7 Å². The van der Waals surface area contributed by atoms with E-state index in [0.717, 1.165) is 11.8 Å². The molecule has 2 N–H and O–H groups in total. The first-order valence-corrected chi connectivity index (χ1v) is 8.62. The van der Waals surface area contributed by atoms with Gasteiger partial charge in [-0.2, -0.15) is 0 Å². The summed E-state index contributed by atoms with van der Waals surface area (Å²) in [6, 6.07) is 3.74. The number of rotatable bonds is 5. The SMILES string of the molecule is CC(=O)SC1CC(=O)N([C@@H](Cc2ccc(O)c(Br)c2)C(=O)O)C1. The van der Waals surface area contributed by atoms with Gasteiger partial charge in [0, 0.05) is 31.6 Å². The molecule has 1 fully saturated rings. The molecule has 1 saturated heterocycles. The number of hydrogen-bond acceptors (Lipinski definition) is 5. The summed E-state index contributed by atoms with van der Waals surface area (Å²) in [5.41, 5.74) is 0.692. The number of amides is 1. The summed E-state index contributed by atoms with van der Waals surface area (Å²) in [5.74, 6) is -1.28. The summed E-state index contributed by atoms with van der Waals surface area (Å²) < 4.78 is 0.469. The van der Waals surface area contributed by atoms with Gasteiger partial charge in [0.15, 0.2) is 5.12 Å². The van der Waals surface area contributed by atoms with Crippen molar-refractivity contribution in [3.63, 3.8) is 0 Å². The normalized spacial score (nSPS) is 19.0. The Kier molecular flexibility index (Phi) is 5.69. The number of hydrogen-bond donors (Lipinski definition) is 2. The van der Waals surface area contributed by atoms with Gasteiger partial charge < -0.3 is 15.1 Å². The molecule has 2 atom stereocenters. The van der Waals surface area contributed by atoms with Crippen molar-refractivity contribution in [2.75, 3.05) is 6.54 Å². The number of nitrogens with zero attached hydrogens (tertiary/aromatic N) is 1. The first-order valence-electron chi connectivity index (χ1n) is 6.94. The molecule has 1 aromatic carbocycles. The van der Waals surface area contributed by atoms with E-state index in [2.05, 4.69) is 15.9 Å². The number of aliphatic carboxylic acids is 1. The second-order valence-corrected chi connectivity index (χ2v) is 7.66. The van der Waals surface area contributed by atoms with Gasteiger partial charge in [0.1, 0.15) is 11.8 Å². The molecule has 0 aliphatic carbocycles. The van der Waals surface area contributed by atoms with Crippen molar-refractivity contribution < 1.29 is 24.6 Å². The summed E-state index contributed by atoms with van der Waals surface area (Å²) in [6.45, 7) is 1.68. The highest BCUT2D eigenvalue weighted by Gasteiger charge is 2.38. The van der Waals surface area contributed by atoms with Crippen LogP contribution in [0.5, 0.6) is 5.75 Å². The maximum Gasteiger partial charge on any atom is 0.326 e. The first kappa shape index (κ1) is 17.8. The van der Waals surface area contributed by atoms with Gasteiger partial charge in [0.05, 0.1) is 4.47 Å². The standard InChI is InChI=1S/C15H16BrNO5S/c1-8(18)23-10-6-14(20)17(7-10)12(15(21)22)5-9-2-3-13(19)11(16)4-9/h2-4,10,12,19H,5-7H2,1H3,(H,21,22)/t10?,12-/m0/s1. The van der Waals surface area contributed by atoms with Crippen LogP contribution < -0.4 is 0 Å². The fourth-order valence-corrected chi connectivity index (χ4v) is 3.90. The molecule has 0 aromatic heterocycles. The number of likely N-dealkylation sites (tertiary alicyclic amines) is 1. The van der Waals surface area contributed by atoms with Gasteiger partial charge in [-0.15, -0.1) is 0 Å². The number of halogens is 1. The third-order valence-electron chi connectivity index (χ3n) is 3.56. The van der Waals surface area contributed by atoms with Crippen molar-refractivity contribution in [2.24, 2.45) is 0 Å². The van der Waals surface area contributed by atoms with Crippen LogP contribution in [0.2, 0.25) is 0 Å². The van der Waals surface area contributed by atoms with E-state index in [-0.39, 0.29) is 41.4 Å². The Hall–Kier alpha value is -1.54. The number of carbonyl (C=O) groups excluding carboxylic acids is 2. The van der Waals surface area contributed by atoms with Crippen molar-refractivity contribution in [3.8, 4) is 5.75 Å². The number of carbonyl (C=O) groups is 3. The van der Waals surface area contributed by atoms with Gasteiger partial charge >= 0.3 is 5.97 Å². The van der Waals surface area contributed by atoms with Crippen LogP contribution in [0.15, 0.2) is 22.7 Å². The highest BCUT2D eigenvalue weighted by atomic mass is 79.9. The molecule has 124 valence electrons. The van der Waals surface area contributed by atoms with Gasteiger partial charge in [0.25, 0.3) is 0 Å². The summed E-state index contributed by atoms with van der Waals surface area (Å²) in [7, 11) is 0. The number of phenolic OH excluding ortho intramolecular Hbond substituents is 1. The second-order valence-electron chi connectivity index (χ2n) is 5.33. The summed E-state index contributed by atoms with van der Waals surface area (Å²) in [4.78, 5) is 36.2. The fraction of sp³-hybridized carbons (Fsp3) is 0.400. The Balaban J connectivity index is 2.15. The predicted octanol–water partition coefficient (Wildman–Crippen LogP) is 2.03. The minimum Gasteiger partial charge on any atom is -0.507 e. The van der Waals surface area contributed by atoms with Crippen molar-refractivity contribution in [1.82, 2.24) is 4.90 Å². The zero-order valence-corrected chi connectivity index (χ0v) is 14.8. The van der Waals surface area contributed by atoms with Crippen LogP contribution in [-0.4, -0.2) is 49.9 Å². The van der Waals surface area contributed by atoms with E-state index in [9.17, 15) is 24.6 Å². The van der Waals surface area contributed by atoms with Crippen LogP contribution in [0.25, 0.3) is 0 Å². The van der Waals surface area contributed by atoms with Gasteiger partial charge in [0.2, 0.25) is 5.91 Å². The fourth-order valence-electron chi connectivity index (χ4n) is 2.54. The topological polar surface area (TPSA) is 94.9 Å². The number of thioether (sulfide) groups is 1. The smallest absolute Gasteiger partial charge is 0.326 e. The Labute approximate surface area is 146 Å². The zero-order chi connectivity index (χ0) is 17.1. The molecule has 2 rings (SSSR count). The highest BCUT2D eigenvalue weighted by molar-refractivity contribution is 9.10. The number of carboxylic acid groups (broad SMARTS) is 1. The van der Waals surface area contributed by atoms with Crippen molar-refractivity contribution in [3.05, 3.63) is 28.2 Å². The molecular formula is C15H16BrNO5S. The van der Waals surface area contributed by atoms with Crippen molar-refractivity contribution in [2.45, 2.75) is 31.1 Å². The largest absolute Gasteiger partial charge is 0.507 e. The monoisotopic (exact) mass is 401 g/mol. The predicted molar refractivity (Wildman–Crippen MR) is 89.3 cm³/mol. The van der Waals surface area contributed by atoms with Gasteiger partial charge in [-0.25, -0.2) is 4.79 Å². The molecule has 23 heavy (non-hydrogen) atoms. The van der Waals surface area contributed by atoms with Crippen LogP contribution >= 0.6 is 27.7 Å². The van der Waals surface area contributed by atoms with Crippen LogP contribution in [0.4, 0.5) is 0 Å². The van der Waals surface area contributed by atoms with E-state index in [4.69, 9.17) is 0 Å². The Morgan fingerprint density at radius 3 is 2.74 bits per heavy atom. The van der Waals surface area contributed by atoms with Crippen molar-refractivity contribution in [1.29, 1.82) is 0 Å². The molecule has 0 saturated carbocycles. The van der Waals surface area contributed by atoms with E-state index in [0.29, 0.717) is 10.0 Å². The van der Waals surface area contributed by atoms with Gasteiger partial charge in [-0.05, 0) is 33.6 Å². The lowest BCUT2D eigenvalue weighted by atomic mass is 10.0. The first-order chi connectivity index (χ1) is 10.8. The molecule has 1 heterocycles. The third kappa shape index (κ3) is 4.48. The minimum absolute atomic E-state index is 0.0656. The number of carboxylic acids is 1. The molecule has 1 aliphatic rings. The van der Waals surface area contributed by atoms with E-state index >= 15 is 0 Å². The lowest BCUT2D eigenvalue weighted by Crippen LogP contribution is -2.43. The Bertz CT molecular complexity index is 651. The quantitative estimate of drug-likeness (QED) is 0.783. The number of benzene rings is 1. The molecule has 6 nitrogen and oxygen atoms in total. The molecule has 1 amide bonds. The summed E-state index contributed by atoms with van der Waals surface area (Å²) in [6.07, 6.45) is 0.310.